The molecule has 2 heterocycles. The number of sulfone groups is 1. The third kappa shape index (κ3) is 4.80. The van der Waals surface area contributed by atoms with Gasteiger partial charge in [0.1, 0.15) is 0 Å². The molecule has 5 nitrogen and oxygen atoms in total. The average Bonchev–Trinajstić information content (AvgIpc) is 2.93. The normalized spacial score (nSPS) is 27.0. The lowest BCUT2D eigenvalue weighted by Crippen LogP contribution is -2.43. The molecular weight excluding hydrogens is 324 g/mol. The Morgan fingerprint density at radius 1 is 1.21 bits per heavy atom. The van der Waals surface area contributed by atoms with Crippen LogP contribution in [0.5, 0.6) is 0 Å². The molecular formula is C18H26N2O3S. The molecule has 3 rings (SSSR count). The molecule has 2 atom stereocenters. The monoisotopic (exact) mass is 350 g/mol. The van der Waals surface area contributed by atoms with Crippen molar-refractivity contribution in [2.24, 2.45) is 11.8 Å². The van der Waals surface area contributed by atoms with Crippen LogP contribution in [0.4, 0.5) is 0 Å². The number of benzene rings is 1. The SMILES string of the molecule is O=C(NCC1CCS(=O)(=O)C1)C1CCCN(Cc2ccccc2)C1. The summed E-state index contributed by atoms with van der Waals surface area (Å²) in [6.07, 6.45) is 2.62. The summed E-state index contributed by atoms with van der Waals surface area (Å²) >= 11 is 0. The number of rotatable bonds is 5. The van der Waals surface area contributed by atoms with Gasteiger partial charge >= 0.3 is 0 Å². The van der Waals surface area contributed by atoms with Crippen molar-refractivity contribution in [3.63, 3.8) is 0 Å². The molecule has 0 aromatic heterocycles. The van der Waals surface area contributed by atoms with Crippen molar-refractivity contribution in [1.29, 1.82) is 0 Å². The van der Waals surface area contributed by atoms with Gasteiger partial charge < -0.3 is 5.32 Å². The predicted molar refractivity (Wildman–Crippen MR) is 94.2 cm³/mol. The maximum Gasteiger partial charge on any atom is 0.224 e. The summed E-state index contributed by atoms with van der Waals surface area (Å²) in [6.45, 7) is 3.18. The molecule has 1 aromatic rings. The molecule has 0 aliphatic carbocycles. The van der Waals surface area contributed by atoms with Crippen molar-refractivity contribution in [3.05, 3.63) is 35.9 Å². The Balaban J connectivity index is 1.46. The minimum absolute atomic E-state index is 0.0143. The van der Waals surface area contributed by atoms with Crippen LogP contribution in [0.1, 0.15) is 24.8 Å². The van der Waals surface area contributed by atoms with E-state index >= 15 is 0 Å². The molecule has 2 aliphatic rings. The molecule has 1 aromatic carbocycles. The number of carbonyl (C=O) groups excluding carboxylic acids is 1. The van der Waals surface area contributed by atoms with Gasteiger partial charge in [0.25, 0.3) is 0 Å². The summed E-state index contributed by atoms with van der Waals surface area (Å²) in [4.78, 5) is 14.8. The topological polar surface area (TPSA) is 66.5 Å². The molecule has 6 heteroatoms. The van der Waals surface area contributed by atoms with E-state index in [0.717, 1.165) is 32.5 Å². The van der Waals surface area contributed by atoms with Crippen LogP contribution in [0, 0.1) is 11.8 Å². The molecule has 1 N–H and O–H groups in total. The van der Waals surface area contributed by atoms with Crippen LogP contribution in [-0.4, -0.2) is 50.4 Å². The summed E-state index contributed by atoms with van der Waals surface area (Å²) in [6, 6.07) is 10.3. The van der Waals surface area contributed by atoms with E-state index in [-0.39, 0.29) is 29.2 Å². The first-order valence-corrected chi connectivity index (χ1v) is 10.6. The summed E-state index contributed by atoms with van der Waals surface area (Å²) in [7, 11) is -2.87. The van der Waals surface area contributed by atoms with Gasteiger partial charge in [-0.15, -0.1) is 0 Å². The van der Waals surface area contributed by atoms with E-state index in [1.54, 1.807) is 0 Å². The third-order valence-electron chi connectivity index (χ3n) is 5.02. The van der Waals surface area contributed by atoms with Gasteiger partial charge in [0, 0.05) is 19.6 Å². The van der Waals surface area contributed by atoms with Crippen molar-refractivity contribution in [2.45, 2.75) is 25.8 Å². The zero-order valence-electron chi connectivity index (χ0n) is 14.0. The van der Waals surface area contributed by atoms with Gasteiger partial charge in [-0.2, -0.15) is 0 Å². The Morgan fingerprint density at radius 3 is 2.71 bits per heavy atom. The second kappa shape index (κ2) is 7.66. The minimum Gasteiger partial charge on any atom is -0.356 e. The van der Waals surface area contributed by atoms with Crippen LogP contribution < -0.4 is 5.32 Å². The Hall–Kier alpha value is -1.40. The van der Waals surface area contributed by atoms with E-state index < -0.39 is 9.84 Å². The highest BCUT2D eigenvalue weighted by Crippen LogP contribution is 2.20. The zero-order chi connectivity index (χ0) is 17.0. The van der Waals surface area contributed by atoms with E-state index in [1.165, 1.54) is 5.56 Å². The fraction of sp³-hybridized carbons (Fsp3) is 0.611. The molecule has 0 radical (unpaired) electrons. The molecule has 2 fully saturated rings. The van der Waals surface area contributed by atoms with E-state index in [1.807, 2.05) is 18.2 Å². The van der Waals surface area contributed by atoms with Crippen molar-refractivity contribution in [1.82, 2.24) is 10.2 Å². The fourth-order valence-corrected chi connectivity index (χ4v) is 5.54. The second-order valence-corrected chi connectivity index (χ2v) is 9.30. The van der Waals surface area contributed by atoms with Crippen molar-refractivity contribution in [3.8, 4) is 0 Å². The number of likely N-dealkylation sites (tertiary alicyclic amines) is 1. The second-order valence-electron chi connectivity index (χ2n) is 7.07. The van der Waals surface area contributed by atoms with Crippen molar-refractivity contribution < 1.29 is 13.2 Å². The van der Waals surface area contributed by atoms with Crippen LogP contribution in [0.15, 0.2) is 30.3 Å². The first-order valence-electron chi connectivity index (χ1n) is 8.76. The van der Waals surface area contributed by atoms with Gasteiger partial charge in [0.05, 0.1) is 17.4 Å². The molecule has 0 saturated carbocycles. The maximum absolute atomic E-state index is 12.4. The molecule has 2 saturated heterocycles. The standard InChI is InChI=1S/C18H26N2O3S/c21-18(19-11-16-8-10-24(22,23)14-16)17-7-4-9-20(13-17)12-15-5-2-1-3-6-15/h1-3,5-6,16-17H,4,7-14H2,(H,19,21). The van der Waals surface area contributed by atoms with Gasteiger partial charge in [0.2, 0.25) is 5.91 Å². The van der Waals surface area contributed by atoms with Gasteiger partial charge in [0.15, 0.2) is 9.84 Å². The molecule has 2 unspecified atom stereocenters. The molecule has 0 spiro atoms. The summed E-state index contributed by atoms with van der Waals surface area (Å²) in [5.74, 6) is 0.667. The lowest BCUT2D eigenvalue weighted by Gasteiger charge is -2.32. The number of nitrogens with zero attached hydrogens (tertiary/aromatic N) is 1. The van der Waals surface area contributed by atoms with Crippen LogP contribution in [0.25, 0.3) is 0 Å². The molecule has 24 heavy (non-hydrogen) atoms. The number of piperidine rings is 1. The molecule has 0 bridgehead atoms. The van der Waals surface area contributed by atoms with E-state index in [2.05, 4.69) is 22.3 Å². The van der Waals surface area contributed by atoms with E-state index in [4.69, 9.17) is 0 Å². The van der Waals surface area contributed by atoms with Crippen LogP contribution in [0.2, 0.25) is 0 Å². The number of amides is 1. The van der Waals surface area contributed by atoms with E-state index in [0.29, 0.717) is 13.0 Å². The minimum atomic E-state index is -2.87. The summed E-state index contributed by atoms with van der Waals surface area (Å²) in [5, 5.41) is 2.99. The van der Waals surface area contributed by atoms with Gasteiger partial charge in [-0.05, 0) is 37.3 Å². The Kier molecular flexibility index (Phi) is 5.56. The van der Waals surface area contributed by atoms with Gasteiger partial charge in [-0.1, -0.05) is 30.3 Å². The van der Waals surface area contributed by atoms with Gasteiger partial charge in [-0.3, -0.25) is 9.69 Å². The van der Waals surface area contributed by atoms with Crippen LogP contribution >= 0.6 is 0 Å². The summed E-state index contributed by atoms with van der Waals surface area (Å²) < 4.78 is 23.0. The first-order chi connectivity index (χ1) is 11.5. The van der Waals surface area contributed by atoms with Crippen LogP contribution in [-0.2, 0) is 21.2 Å². The van der Waals surface area contributed by atoms with Crippen molar-refractivity contribution >= 4 is 15.7 Å². The highest BCUT2D eigenvalue weighted by Gasteiger charge is 2.30. The van der Waals surface area contributed by atoms with Crippen molar-refractivity contribution in [2.75, 3.05) is 31.1 Å². The highest BCUT2D eigenvalue weighted by molar-refractivity contribution is 7.91. The number of nitrogens with one attached hydrogen (secondary N) is 1. The average molecular weight is 350 g/mol. The quantitative estimate of drug-likeness (QED) is 0.873. The summed E-state index contributed by atoms with van der Waals surface area (Å²) in [5.41, 5.74) is 1.27. The molecule has 132 valence electrons. The predicted octanol–water partition coefficient (Wildman–Crippen LogP) is 1.45. The van der Waals surface area contributed by atoms with E-state index in [9.17, 15) is 13.2 Å². The number of hydrogen-bond acceptors (Lipinski definition) is 4. The number of carbonyl (C=O) groups is 1. The lowest BCUT2D eigenvalue weighted by molar-refractivity contribution is -0.126. The zero-order valence-corrected chi connectivity index (χ0v) is 14.8. The lowest BCUT2D eigenvalue weighted by atomic mass is 9.96. The highest BCUT2D eigenvalue weighted by atomic mass is 32.2. The Morgan fingerprint density at radius 2 is 2.00 bits per heavy atom. The smallest absolute Gasteiger partial charge is 0.224 e. The fourth-order valence-electron chi connectivity index (χ4n) is 3.68. The first kappa shape index (κ1) is 17.4. The molecule has 2 aliphatic heterocycles. The van der Waals surface area contributed by atoms with Crippen LogP contribution in [0.3, 0.4) is 0 Å². The van der Waals surface area contributed by atoms with Gasteiger partial charge in [-0.25, -0.2) is 8.42 Å². The Labute approximate surface area is 144 Å². The number of hydrogen-bond donors (Lipinski definition) is 1. The third-order valence-corrected chi connectivity index (χ3v) is 6.85. The Bertz CT molecular complexity index is 660. The maximum atomic E-state index is 12.4. The largest absolute Gasteiger partial charge is 0.356 e. The molecule has 1 amide bonds.